The van der Waals surface area contributed by atoms with Crippen molar-refractivity contribution in [3.05, 3.63) is 16.8 Å². The SMILES string of the molecule is CCC(=O)CCCCC[C@H](NC(=O)[C@H]1CC12CCCCC2)c1ncc(Br)o1. The minimum absolute atomic E-state index is 0.164. The first-order chi connectivity index (χ1) is 13.0. The molecule has 1 N–H and O–H groups in total. The number of halogens is 1. The summed E-state index contributed by atoms with van der Waals surface area (Å²) in [6, 6.07) is -0.188. The van der Waals surface area contributed by atoms with Gasteiger partial charge in [-0.3, -0.25) is 9.59 Å². The van der Waals surface area contributed by atoms with Crippen molar-refractivity contribution in [1.82, 2.24) is 10.3 Å². The van der Waals surface area contributed by atoms with Gasteiger partial charge >= 0.3 is 0 Å². The number of nitrogens with zero attached hydrogens (tertiary/aromatic N) is 1. The molecule has 1 aromatic rings. The first-order valence-corrected chi connectivity index (χ1v) is 11.3. The van der Waals surface area contributed by atoms with Gasteiger partial charge in [0.1, 0.15) is 11.8 Å². The van der Waals surface area contributed by atoms with Gasteiger partial charge in [0.15, 0.2) is 4.67 Å². The zero-order valence-electron chi connectivity index (χ0n) is 16.3. The molecule has 3 rings (SSSR count). The second-order valence-corrected chi connectivity index (χ2v) is 9.02. The van der Waals surface area contributed by atoms with Gasteiger partial charge in [-0.25, -0.2) is 4.98 Å². The van der Waals surface area contributed by atoms with E-state index in [0.717, 1.165) is 32.1 Å². The molecule has 2 aliphatic carbocycles. The van der Waals surface area contributed by atoms with E-state index in [2.05, 4.69) is 26.2 Å². The van der Waals surface area contributed by atoms with Crippen molar-refractivity contribution in [2.24, 2.45) is 11.3 Å². The van der Waals surface area contributed by atoms with E-state index in [1.54, 1.807) is 6.20 Å². The standard InChI is InChI=1S/C21H31BrN2O3/c1-2-15(25)9-5-3-6-10-17(20-23-14-18(22)27-20)24-19(26)16-13-21(16)11-7-4-8-12-21/h14,16-17H,2-13H2,1H3,(H,24,26)/t16-,17+/m1/s1. The molecule has 1 aromatic heterocycles. The van der Waals surface area contributed by atoms with Crippen LogP contribution in [0.1, 0.15) is 95.9 Å². The van der Waals surface area contributed by atoms with Crippen molar-refractivity contribution in [1.29, 1.82) is 0 Å². The topological polar surface area (TPSA) is 72.2 Å². The van der Waals surface area contributed by atoms with Crippen LogP contribution < -0.4 is 5.32 Å². The Morgan fingerprint density at radius 2 is 2.07 bits per heavy atom. The third-order valence-electron chi connectivity index (χ3n) is 6.31. The quantitative estimate of drug-likeness (QED) is 0.489. The molecule has 1 heterocycles. The second-order valence-electron chi connectivity index (χ2n) is 8.24. The number of carbonyl (C=O) groups excluding carboxylic acids is 2. The minimum atomic E-state index is -0.188. The maximum absolute atomic E-state index is 12.8. The summed E-state index contributed by atoms with van der Waals surface area (Å²) in [4.78, 5) is 28.6. The lowest BCUT2D eigenvalue weighted by Gasteiger charge is -2.23. The van der Waals surface area contributed by atoms with E-state index < -0.39 is 0 Å². The molecule has 2 fully saturated rings. The van der Waals surface area contributed by atoms with Crippen LogP contribution in [0.15, 0.2) is 15.3 Å². The van der Waals surface area contributed by atoms with E-state index in [4.69, 9.17) is 4.42 Å². The molecule has 150 valence electrons. The molecule has 27 heavy (non-hydrogen) atoms. The summed E-state index contributed by atoms with van der Waals surface area (Å²) < 4.78 is 6.22. The number of oxazole rings is 1. The minimum Gasteiger partial charge on any atom is -0.432 e. The fourth-order valence-electron chi connectivity index (χ4n) is 4.51. The Balaban J connectivity index is 1.51. The molecule has 0 aromatic carbocycles. The lowest BCUT2D eigenvalue weighted by Crippen LogP contribution is -2.32. The van der Waals surface area contributed by atoms with Crippen LogP contribution in [0.3, 0.4) is 0 Å². The van der Waals surface area contributed by atoms with E-state index in [1.807, 2.05) is 6.92 Å². The average molecular weight is 439 g/mol. The van der Waals surface area contributed by atoms with E-state index in [1.165, 1.54) is 32.1 Å². The van der Waals surface area contributed by atoms with Crippen LogP contribution in [0.2, 0.25) is 0 Å². The molecule has 5 nitrogen and oxygen atoms in total. The predicted octanol–water partition coefficient (Wildman–Crippen LogP) is 5.49. The third-order valence-corrected chi connectivity index (χ3v) is 6.67. The molecular weight excluding hydrogens is 408 g/mol. The molecule has 6 heteroatoms. The highest BCUT2D eigenvalue weighted by Gasteiger charge is 2.57. The van der Waals surface area contributed by atoms with E-state index in [-0.39, 0.29) is 23.3 Å². The van der Waals surface area contributed by atoms with Crippen LogP contribution in [-0.2, 0) is 9.59 Å². The Kier molecular flexibility index (Phi) is 7.12. The number of carbonyl (C=O) groups is 2. The van der Waals surface area contributed by atoms with Crippen molar-refractivity contribution in [2.75, 3.05) is 0 Å². The van der Waals surface area contributed by atoms with Crippen molar-refractivity contribution < 1.29 is 14.0 Å². The Labute approximate surface area is 170 Å². The fraction of sp³-hybridized carbons (Fsp3) is 0.762. The van der Waals surface area contributed by atoms with Crippen molar-refractivity contribution >= 4 is 27.6 Å². The van der Waals surface area contributed by atoms with Gasteiger partial charge in [0.2, 0.25) is 11.8 Å². The van der Waals surface area contributed by atoms with Gasteiger partial charge in [0, 0.05) is 18.8 Å². The van der Waals surface area contributed by atoms with E-state index in [9.17, 15) is 9.59 Å². The molecule has 0 unspecified atom stereocenters. The van der Waals surface area contributed by atoms with Crippen molar-refractivity contribution in [3.8, 4) is 0 Å². The number of ketones is 1. The number of rotatable bonds is 10. The molecule has 0 bridgehead atoms. The summed E-state index contributed by atoms with van der Waals surface area (Å²) in [6.07, 6.45) is 13.8. The van der Waals surface area contributed by atoms with E-state index >= 15 is 0 Å². The van der Waals surface area contributed by atoms with Gasteiger partial charge in [0.05, 0.1) is 6.20 Å². The summed E-state index contributed by atoms with van der Waals surface area (Å²) >= 11 is 3.30. The predicted molar refractivity (Wildman–Crippen MR) is 107 cm³/mol. The van der Waals surface area contributed by atoms with Crippen LogP contribution in [0.25, 0.3) is 0 Å². The van der Waals surface area contributed by atoms with Crippen LogP contribution in [-0.4, -0.2) is 16.7 Å². The summed E-state index contributed by atoms with van der Waals surface area (Å²) in [5.41, 5.74) is 0.282. The molecule has 0 radical (unpaired) electrons. The molecule has 2 saturated carbocycles. The number of amides is 1. The number of aromatic nitrogens is 1. The summed E-state index contributed by atoms with van der Waals surface area (Å²) in [5.74, 6) is 1.22. The molecule has 0 aliphatic heterocycles. The monoisotopic (exact) mass is 438 g/mol. The van der Waals surface area contributed by atoms with Crippen LogP contribution in [0, 0.1) is 11.3 Å². The highest BCUT2D eigenvalue weighted by atomic mass is 79.9. The van der Waals surface area contributed by atoms with Crippen molar-refractivity contribution in [2.45, 2.75) is 90.0 Å². The fourth-order valence-corrected chi connectivity index (χ4v) is 4.78. The van der Waals surface area contributed by atoms with E-state index in [0.29, 0.717) is 29.2 Å². The summed E-state index contributed by atoms with van der Waals surface area (Å²) in [7, 11) is 0. The average Bonchev–Trinajstić information content (AvgIpc) is 3.17. The summed E-state index contributed by atoms with van der Waals surface area (Å²) in [6.45, 7) is 1.91. The molecule has 1 spiro atoms. The molecule has 2 aliphatic rings. The van der Waals surface area contributed by atoms with Gasteiger partial charge in [-0.2, -0.15) is 0 Å². The normalized spacial score (nSPS) is 21.8. The van der Waals surface area contributed by atoms with Crippen LogP contribution in [0.5, 0.6) is 0 Å². The number of Topliss-reactive ketones (excluding diaryl/α,β-unsaturated/α-hetero) is 1. The Morgan fingerprint density at radius 3 is 2.74 bits per heavy atom. The highest BCUT2D eigenvalue weighted by molar-refractivity contribution is 9.10. The molecule has 2 atom stereocenters. The van der Waals surface area contributed by atoms with Gasteiger partial charge in [-0.05, 0) is 53.4 Å². The van der Waals surface area contributed by atoms with Gasteiger partial charge < -0.3 is 9.73 Å². The third kappa shape index (κ3) is 5.43. The van der Waals surface area contributed by atoms with Crippen molar-refractivity contribution in [3.63, 3.8) is 0 Å². The number of hydrogen-bond acceptors (Lipinski definition) is 4. The first kappa shape index (κ1) is 20.6. The molecular formula is C21H31BrN2O3. The maximum atomic E-state index is 12.8. The number of unbranched alkanes of at least 4 members (excludes halogenated alkanes) is 2. The number of hydrogen-bond donors (Lipinski definition) is 1. The highest BCUT2D eigenvalue weighted by Crippen LogP contribution is 2.61. The lowest BCUT2D eigenvalue weighted by atomic mass is 9.84. The van der Waals surface area contributed by atoms with Gasteiger partial charge in [0.25, 0.3) is 0 Å². The Morgan fingerprint density at radius 1 is 1.30 bits per heavy atom. The van der Waals surface area contributed by atoms with Crippen LogP contribution in [0.4, 0.5) is 0 Å². The maximum Gasteiger partial charge on any atom is 0.224 e. The Bertz CT molecular complexity index is 652. The Hall–Kier alpha value is -1.17. The largest absolute Gasteiger partial charge is 0.432 e. The van der Waals surface area contributed by atoms with Gasteiger partial charge in [-0.1, -0.05) is 39.0 Å². The number of nitrogens with one attached hydrogen (secondary N) is 1. The smallest absolute Gasteiger partial charge is 0.224 e. The zero-order valence-corrected chi connectivity index (χ0v) is 17.9. The van der Waals surface area contributed by atoms with Crippen LogP contribution >= 0.6 is 15.9 Å². The van der Waals surface area contributed by atoms with Gasteiger partial charge in [-0.15, -0.1) is 0 Å². The lowest BCUT2D eigenvalue weighted by molar-refractivity contribution is -0.124. The second kappa shape index (κ2) is 9.35. The first-order valence-electron chi connectivity index (χ1n) is 10.5. The summed E-state index contributed by atoms with van der Waals surface area (Å²) in [5, 5.41) is 3.21. The zero-order chi connectivity index (χ0) is 19.3. The molecule has 0 saturated heterocycles. The molecule has 1 amide bonds.